The molecule has 0 aromatic heterocycles. The third kappa shape index (κ3) is 8.75. The largest absolute Gasteiger partial charge is 0.480 e. The van der Waals surface area contributed by atoms with E-state index in [9.17, 15) is 4.79 Å². The summed E-state index contributed by atoms with van der Waals surface area (Å²) in [5, 5.41) is 12.0. The molecule has 0 radical (unpaired) electrons. The van der Waals surface area contributed by atoms with Crippen LogP contribution in [0.15, 0.2) is 0 Å². The van der Waals surface area contributed by atoms with Gasteiger partial charge < -0.3 is 10.4 Å². The zero-order valence-electron chi connectivity index (χ0n) is 9.95. The lowest BCUT2D eigenvalue weighted by Crippen LogP contribution is -2.37. The molecule has 4 heteroatoms. The second-order valence-electron chi connectivity index (χ2n) is 4.10. The van der Waals surface area contributed by atoms with Crippen molar-refractivity contribution in [2.45, 2.75) is 39.7 Å². The predicted molar refractivity (Wildman–Crippen MR) is 66.5 cm³/mol. The van der Waals surface area contributed by atoms with E-state index in [0.717, 1.165) is 24.5 Å². The van der Waals surface area contributed by atoms with E-state index < -0.39 is 5.97 Å². The molecule has 0 saturated heterocycles. The van der Waals surface area contributed by atoms with E-state index in [-0.39, 0.29) is 6.04 Å². The van der Waals surface area contributed by atoms with Crippen LogP contribution in [0.5, 0.6) is 0 Å². The first-order chi connectivity index (χ1) is 7.07. The van der Waals surface area contributed by atoms with Gasteiger partial charge in [-0.25, -0.2) is 0 Å². The van der Waals surface area contributed by atoms with Crippen LogP contribution in [-0.2, 0) is 4.79 Å². The van der Waals surface area contributed by atoms with E-state index in [4.69, 9.17) is 5.11 Å². The van der Waals surface area contributed by atoms with Crippen LogP contribution in [0.25, 0.3) is 0 Å². The number of rotatable bonds is 9. The van der Waals surface area contributed by atoms with E-state index in [1.54, 1.807) is 0 Å². The molecule has 0 saturated carbocycles. The van der Waals surface area contributed by atoms with E-state index in [2.05, 4.69) is 19.2 Å². The predicted octanol–water partition coefficient (Wildman–Crippen LogP) is 2.22. The third-order valence-corrected chi connectivity index (χ3v) is 3.37. The summed E-state index contributed by atoms with van der Waals surface area (Å²) in [6.45, 7) is 7.18. The van der Waals surface area contributed by atoms with Crippen molar-refractivity contribution >= 4 is 17.7 Å². The third-order valence-electron chi connectivity index (χ3n) is 1.94. The molecular formula is C11H23NO2S. The first-order valence-electron chi connectivity index (χ1n) is 5.61. The van der Waals surface area contributed by atoms with Crippen molar-refractivity contribution in [3.05, 3.63) is 0 Å². The number of hydrogen-bond donors (Lipinski definition) is 2. The summed E-state index contributed by atoms with van der Waals surface area (Å²) in [6, 6.07) is -0.371. The normalized spacial score (nSPS) is 13.1. The van der Waals surface area contributed by atoms with Crippen molar-refractivity contribution in [1.29, 1.82) is 0 Å². The molecule has 0 aromatic carbocycles. The number of aliphatic carboxylic acids is 1. The van der Waals surface area contributed by atoms with Crippen molar-refractivity contribution in [3.8, 4) is 0 Å². The Kier molecular flexibility index (Phi) is 8.91. The topological polar surface area (TPSA) is 49.3 Å². The van der Waals surface area contributed by atoms with Crippen LogP contribution in [0.2, 0.25) is 0 Å². The Hall–Kier alpha value is -0.220. The Bertz CT molecular complexity index is 174. The number of carboxylic acids is 1. The molecule has 2 N–H and O–H groups in total. The molecule has 0 bridgehead atoms. The first kappa shape index (κ1) is 14.8. The zero-order chi connectivity index (χ0) is 11.7. The van der Waals surface area contributed by atoms with E-state index >= 15 is 0 Å². The lowest BCUT2D eigenvalue weighted by molar-refractivity contribution is -0.139. The van der Waals surface area contributed by atoms with Crippen LogP contribution < -0.4 is 5.32 Å². The quantitative estimate of drug-likeness (QED) is 0.600. The smallest absolute Gasteiger partial charge is 0.320 e. The minimum Gasteiger partial charge on any atom is -0.480 e. The van der Waals surface area contributed by atoms with Crippen molar-refractivity contribution in [2.75, 3.05) is 18.1 Å². The monoisotopic (exact) mass is 233 g/mol. The van der Waals surface area contributed by atoms with Crippen LogP contribution in [0, 0.1) is 5.92 Å². The number of carboxylic acid groups (broad SMARTS) is 1. The van der Waals surface area contributed by atoms with Crippen LogP contribution in [0.1, 0.15) is 33.6 Å². The maximum absolute atomic E-state index is 10.9. The summed E-state index contributed by atoms with van der Waals surface area (Å²) in [5.74, 6) is 1.99. The molecule has 0 spiro atoms. The van der Waals surface area contributed by atoms with Gasteiger partial charge in [0.25, 0.3) is 0 Å². The summed E-state index contributed by atoms with van der Waals surface area (Å²) >= 11 is 1.84. The summed E-state index contributed by atoms with van der Waals surface area (Å²) in [7, 11) is 0. The molecule has 90 valence electrons. The lowest BCUT2D eigenvalue weighted by Gasteiger charge is -2.13. The molecule has 15 heavy (non-hydrogen) atoms. The molecular weight excluding hydrogens is 210 g/mol. The van der Waals surface area contributed by atoms with Crippen molar-refractivity contribution in [1.82, 2.24) is 5.32 Å². The molecule has 1 atom stereocenters. The minimum atomic E-state index is -0.728. The molecule has 0 aromatic rings. The second kappa shape index (κ2) is 9.04. The summed E-state index contributed by atoms with van der Waals surface area (Å²) in [5.41, 5.74) is 0. The summed E-state index contributed by atoms with van der Waals surface area (Å²) in [6.07, 6.45) is 1.69. The SMILES string of the molecule is CCCNC(CCSCC(C)C)C(=O)O. The average molecular weight is 233 g/mol. The van der Waals surface area contributed by atoms with Crippen LogP contribution >= 0.6 is 11.8 Å². The van der Waals surface area contributed by atoms with Crippen LogP contribution in [-0.4, -0.2) is 35.2 Å². The van der Waals surface area contributed by atoms with Gasteiger partial charge in [0.2, 0.25) is 0 Å². The number of thioether (sulfide) groups is 1. The van der Waals surface area contributed by atoms with Crippen LogP contribution in [0.3, 0.4) is 0 Å². The first-order valence-corrected chi connectivity index (χ1v) is 6.77. The molecule has 0 aliphatic carbocycles. The van der Waals surface area contributed by atoms with Gasteiger partial charge in [-0.3, -0.25) is 4.79 Å². The standard InChI is InChI=1S/C11H23NO2S/c1-4-6-12-10(11(13)14)5-7-15-8-9(2)3/h9-10,12H,4-8H2,1-3H3,(H,13,14). The van der Waals surface area contributed by atoms with Gasteiger partial charge >= 0.3 is 5.97 Å². The molecule has 3 nitrogen and oxygen atoms in total. The lowest BCUT2D eigenvalue weighted by atomic mass is 10.2. The van der Waals surface area contributed by atoms with Crippen molar-refractivity contribution < 1.29 is 9.90 Å². The average Bonchev–Trinajstić information content (AvgIpc) is 2.15. The molecule has 0 heterocycles. The number of carbonyl (C=O) groups is 1. The zero-order valence-corrected chi connectivity index (χ0v) is 10.8. The molecule has 0 amide bonds. The highest BCUT2D eigenvalue weighted by atomic mass is 32.2. The number of nitrogens with one attached hydrogen (secondary N) is 1. The Morgan fingerprint density at radius 3 is 2.60 bits per heavy atom. The highest BCUT2D eigenvalue weighted by Crippen LogP contribution is 2.10. The van der Waals surface area contributed by atoms with Gasteiger partial charge in [-0.2, -0.15) is 11.8 Å². The Morgan fingerprint density at radius 1 is 1.47 bits per heavy atom. The highest BCUT2D eigenvalue weighted by Gasteiger charge is 2.15. The van der Waals surface area contributed by atoms with Gasteiger partial charge in [0, 0.05) is 0 Å². The van der Waals surface area contributed by atoms with Gasteiger partial charge in [-0.15, -0.1) is 0 Å². The molecule has 0 rings (SSSR count). The number of hydrogen-bond acceptors (Lipinski definition) is 3. The molecule has 0 fully saturated rings. The van der Waals surface area contributed by atoms with E-state index in [1.165, 1.54) is 0 Å². The maximum Gasteiger partial charge on any atom is 0.320 e. The second-order valence-corrected chi connectivity index (χ2v) is 5.25. The van der Waals surface area contributed by atoms with Crippen molar-refractivity contribution in [3.63, 3.8) is 0 Å². The Morgan fingerprint density at radius 2 is 2.13 bits per heavy atom. The van der Waals surface area contributed by atoms with E-state index in [1.807, 2.05) is 18.7 Å². The maximum atomic E-state index is 10.9. The Labute approximate surface area is 97.0 Å². The molecule has 1 unspecified atom stereocenters. The summed E-state index contributed by atoms with van der Waals surface area (Å²) < 4.78 is 0. The highest BCUT2D eigenvalue weighted by molar-refractivity contribution is 7.99. The Balaban J connectivity index is 3.62. The van der Waals surface area contributed by atoms with Gasteiger partial charge in [0.1, 0.15) is 6.04 Å². The minimum absolute atomic E-state index is 0.371. The molecule has 0 aliphatic heterocycles. The fourth-order valence-corrected chi connectivity index (χ4v) is 2.19. The van der Waals surface area contributed by atoms with Gasteiger partial charge in [0.05, 0.1) is 0 Å². The van der Waals surface area contributed by atoms with Gasteiger partial charge in [-0.05, 0) is 36.8 Å². The van der Waals surface area contributed by atoms with Gasteiger partial charge in [0.15, 0.2) is 0 Å². The van der Waals surface area contributed by atoms with E-state index in [0.29, 0.717) is 12.3 Å². The fraction of sp³-hybridized carbons (Fsp3) is 0.909. The summed E-state index contributed by atoms with van der Waals surface area (Å²) in [4.78, 5) is 10.9. The van der Waals surface area contributed by atoms with Crippen LogP contribution in [0.4, 0.5) is 0 Å². The molecule has 0 aliphatic rings. The van der Waals surface area contributed by atoms with Gasteiger partial charge in [-0.1, -0.05) is 20.8 Å². The fourth-order valence-electron chi connectivity index (χ4n) is 1.15. The van der Waals surface area contributed by atoms with Crippen molar-refractivity contribution in [2.24, 2.45) is 5.92 Å².